The van der Waals surface area contributed by atoms with E-state index in [9.17, 15) is 13.2 Å². The fourth-order valence-corrected chi connectivity index (χ4v) is 5.80. The average molecular weight is 470 g/mol. The van der Waals surface area contributed by atoms with Gasteiger partial charge in [-0.2, -0.15) is 0 Å². The first-order valence-electron chi connectivity index (χ1n) is 11.4. The summed E-state index contributed by atoms with van der Waals surface area (Å²) in [5.41, 5.74) is 3.80. The lowest BCUT2D eigenvalue weighted by atomic mass is 10.1. The van der Waals surface area contributed by atoms with Gasteiger partial charge in [0.2, 0.25) is 15.9 Å². The van der Waals surface area contributed by atoms with Crippen LogP contribution in [-0.2, 0) is 32.6 Å². The summed E-state index contributed by atoms with van der Waals surface area (Å²) >= 11 is 0. The molecule has 0 spiro atoms. The molecule has 0 radical (unpaired) electrons. The van der Waals surface area contributed by atoms with Crippen molar-refractivity contribution in [1.82, 2.24) is 10.2 Å². The molecule has 1 N–H and O–H groups in total. The van der Waals surface area contributed by atoms with E-state index in [0.29, 0.717) is 25.2 Å². The summed E-state index contributed by atoms with van der Waals surface area (Å²) in [6.45, 7) is 6.59. The number of anilines is 1. The number of carbonyl (C=O) groups excluding carboxylic acids is 1. The van der Waals surface area contributed by atoms with Gasteiger partial charge in [-0.05, 0) is 48.2 Å². The van der Waals surface area contributed by atoms with Crippen LogP contribution in [0.4, 0.5) is 5.69 Å². The van der Waals surface area contributed by atoms with E-state index < -0.39 is 10.0 Å². The molecular formula is C25H31N3O4S. The number of rotatable bonds is 7. The van der Waals surface area contributed by atoms with E-state index in [1.165, 1.54) is 15.9 Å². The van der Waals surface area contributed by atoms with Gasteiger partial charge >= 0.3 is 0 Å². The first kappa shape index (κ1) is 23.5. The summed E-state index contributed by atoms with van der Waals surface area (Å²) in [6, 6.07) is 15.5. The van der Waals surface area contributed by atoms with Crippen LogP contribution in [0.3, 0.4) is 0 Å². The number of benzene rings is 2. The number of nitrogens with zero attached hydrogens (tertiary/aromatic N) is 2. The topological polar surface area (TPSA) is 79.0 Å². The molecule has 1 unspecified atom stereocenters. The fraction of sp³-hybridized carbons (Fsp3) is 0.400. The molecule has 2 saturated heterocycles. The van der Waals surface area contributed by atoms with E-state index in [4.69, 9.17) is 4.74 Å². The number of amides is 1. The van der Waals surface area contributed by atoms with Gasteiger partial charge in [-0.25, -0.2) is 8.42 Å². The van der Waals surface area contributed by atoms with Gasteiger partial charge in [0, 0.05) is 38.8 Å². The van der Waals surface area contributed by atoms with Crippen LogP contribution in [0, 0.1) is 0 Å². The molecule has 1 amide bonds. The minimum absolute atomic E-state index is 0.173. The largest absolute Gasteiger partial charge is 0.376 e. The maximum absolute atomic E-state index is 12.3. The first-order valence-corrected chi connectivity index (χ1v) is 13.0. The lowest BCUT2D eigenvalue weighted by Gasteiger charge is -2.31. The van der Waals surface area contributed by atoms with Gasteiger partial charge in [-0.3, -0.25) is 14.0 Å². The van der Waals surface area contributed by atoms with Crippen LogP contribution in [-0.4, -0.2) is 57.3 Å². The summed E-state index contributed by atoms with van der Waals surface area (Å²) in [7, 11) is -3.18. The van der Waals surface area contributed by atoms with Crippen LogP contribution in [0.1, 0.15) is 30.0 Å². The molecule has 2 aromatic rings. The average Bonchev–Trinajstić information content (AvgIpc) is 3.16. The monoisotopic (exact) mass is 469 g/mol. The smallest absolute Gasteiger partial charge is 0.244 e. The summed E-state index contributed by atoms with van der Waals surface area (Å²) < 4.78 is 31.1. The molecule has 0 saturated carbocycles. The van der Waals surface area contributed by atoms with Crippen molar-refractivity contribution in [2.24, 2.45) is 0 Å². The molecule has 2 aliphatic heterocycles. The Morgan fingerprint density at radius 2 is 1.94 bits per heavy atom. The van der Waals surface area contributed by atoms with Gasteiger partial charge in [-0.1, -0.05) is 36.4 Å². The number of ether oxygens (including phenoxy) is 1. The Labute approximate surface area is 196 Å². The molecule has 33 heavy (non-hydrogen) atoms. The Morgan fingerprint density at radius 1 is 1.15 bits per heavy atom. The normalized spacial score (nSPS) is 20.9. The summed E-state index contributed by atoms with van der Waals surface area (Å²) in [5.74, 6) is 0.0260. The molecule has 176 valence electrons. The Kier molecular flexibility index (Phi) is 7.47. The van der Waals surface area contributed by atoms with Gasteiger partial charge in [0.1, 0.15) is 0 Å². The standard InChI is InChI=1S/C25H31N3O4S/c1-20-18-27(13-14-32-20)19-23-5-2-4-22(16-23)17-26-25(29)11-8-21-6-9-24(10-7-21)28-12-3-15-33(28,30)31/h2,4-11,16,20H,3,12-15,17-19H2,1H3,(H,26,29)/b11-8+. The molecule has 2 fully saturated rings. The lowest BCUT2D eigenvalue weighted by Crippen LogP contribution is -2.40. The van der Waals surface area contributed by atoms with E-state index >= 15 is 0 Å². The van der Waals surface area contributed by atoms with Crippen LogP contribution in [0.15, 0.2) is 54.6 Å². The highest BCUT2D eigenvalue weighted by Gasteiger charge is 2.28. The molecule has 2 aliphatic rings. The highest BCUT2D eigenvalue weighted by molar-refractivity contribution is 7.93. The molecule has 2 aromatic carbocycles. The Balaban J connectivity index is 1.28. The number of carbonyl (C=O) groups is 1. The summed E-state index contributed by atoms with van der Waals surface area (Å²) in [5, 5.41) is 2.93. The zero-order chi connectivity index (χ0) is 23.3. The Bertz CT molecular complexity index is 1100. The number of hydrogen-bond donors (Lipinski definition) is 1. The van der Waals surface area contributed by atoms with Crippen LogP contribution in [0.5, 0.6) is 0 Å². The number of hydrogen-bond acceptors (Lipinski definition) is 5. The zero-order valence-electron chi connectivity index (χ0n) is 18.9. The molecule has 0 bridgehead atoms. The third-order valence-electron chi connectivity index (χ3n) is 5.90. The van der Waals surface area contributed by atoms with Crippen LogP contribution in [0.2, 0.25) is 0 Å². The number of nitrogens with one attached hydrogen (secondary N) is 1. The minimum atomic E-state index is -3.18. The highest BCUT2D eigenvalue weighted by Crippen LogP contribution is 2.24. The van der Waals surface area contributed by atoms with E-state index in [2.05, 4.69) is 29.3 Å². The second-order valence-corrected chi connectivity index (χ2v) is 10.6. The quantitative estimate of drug-likeness (QED) is 0.631. The molecule has 7 nitrogen and oxygen atoms in total. The lowest BCUT2D eigenvalue weighted by molar-refractivity contribution is -0.116. The summed E-state index contributed by atoms with van der Waals surface area (Å²) in [4.78, 5) is 14.7. The van der Waals surface area contributed by atoms with Gasteiger partial charge in [-0.15, -0.1) is 0 Å². The second-order valence-electron chi connectivity index (χ2n) is 8.62. The van der Waals surface area contributed by atoms with E-state index in [-0.39, 0.29) is 17.8 Å². The Hall–Kier alpha value is -2.68. The molecule has 1 atom stereocenters. The molecule has 0 aliphatic carbocycles. The predicted molar refractivity (Wildman–Crippen MR) is 130 cm³/mol. The zero-order valence-corrected chi connectivity index (χ0v) is 19.8. The fourth-order valence-electron chi connectivity index (χ4n) is 4.23. The van der Waals surface area contributed by atoms with Gasteiger partial charge in [0.25, 0.3) is 0 Å². The summed E-state index contributed by atoms with van der Waals surface area (Å²) in [6.07, 6.45) is 4.14. The second kappa shape index (κ2) is 10.5. The van der Waals surface area contributed by atoms with Crippen molar-refractivity contribution in [3.05, 3.63) is 71.3 Å². The maximum Gasteiger partial charge on any atom is 0.244 e. The van der Waals surface area contributed by atoms with Gasteiger partial charge in [0.15, 0.2) is 0 Å². The van der Waals surface area contributed by atoms with Crippen molar-refractivity contribution in [1.29, 1.82) is 0 Å². The van der Waals surface area contributed by atoms with Gasteiger partial charge in [0.05, 0.1) is 24.2 Å². The van der Waals surface area contributed by atoms with Crippen molar-refractivity contribution >= 4 is 27.7 Å². The maximum atomic E-state index is 12.3. The number of sulfonamides is 1. The molecular weight excluding hydrogens is 438 g/mol. The van der Waals surface area contributed by atoms with Crippen molar-refractivity contribution in [3.8, 4) is 0 Å². The predicted octanol–water partition coefficient (Wildman–Crippen LogP) is 2.78. The van der Waals surface area contributed by atoms with Crippen molar-refractivity contribution < 1.29 is 17.9 Å². The molecule has 4 rings (SSSR count). The number of morpholine rings is 1. The third-order valence-corrected chi connectivity index (χ3v) is 7.77. The highest BCUT2D eigenvalue weighted by atomic mass is 32.2. The molecule has 8 heteroatoms. The molecule has 2 heterocycles. The SMILES string of the molecule is CC1CN(Cc2cccc(CNC(=O)/C=C/c3ccc(N4CCCS4(=O)=O)cc3)c2)CCO1. The van der Waals surface area contributed by atoms with Crippen molar-refractivity contribution in [2.75, 3.05) is 36.3 Å². The minimum Gasteiger partial charge on any atom is -0.376 e. The van der Waals surface area contributed by atoms with Crippen LogP contribution in [0.25, 0.3) is 6.08 Å². The van der Waals surface area contributed by atoms with Crippen molar-refractivity contribution in [3.63, 3.8) is 0 Å². The van der Waals surface area contributed by atoms with E-state index in [1.807, 2.05) is 24.3 Å². The van der Waals surface area contributed by atoms with Gasteiger partial charge < -0.3 is 10.1 Å². The van der Waals surface area contributed by atoms with E-state index in [0.717, 1.165) is 37.4 Å². The third kappa shape index (κ3) is 6.43. The first-order chi connectivity index (χ1) is 15.9. The Morgan fingerprint density at radius 3 is 2.67 bits per heavy atom. The van der Waals surface area contributed by atoms with Crippen LogP contribution < -0.4 is 9.62 Å². The van der Waals surface area contributed by atoms with Crippen molar-refractivity contribution in [2.45, 2.75) is 32.5 Å². The van der Waals surface area contributed by atoms with E-state index in [1.54, 1.807) is 18.2 Å². The molecule has 0 aromatic heterocycles. The van der Waals surface area contributed by atoms with Crippen LogP contribution >= 0.6 is 0 Å².